The number of methoxy groups -OCH3 is 1. The zero-order valence-corrected chi connectivity index (χ0v) is 12.2. The largest absolute Gasteiger partial charge is 0.494 e. The van der Waals surface area contributed by atoms with Crippen LogP contribution in [0.1, 0.15) is 21.9 Å². The van der Waals surface area contributed by atoms with Crippen LogP contribution in [0.25, 0.3) is 0 Å². The lowest BCUT2D eigenvalue weighted by Crippen LogP contribution is -2.24. The van der Waals surface area contributed by atoms with Crippen LogP contribution in [0.2, 0.25) is 5.15 Å². The molecule has 0 aliphatic heterocycles. The number of hydrogen-bond donors (Lipinski definition) is 1. The molecule has 0 unspecified atom stereocenters. The van der Waals surface area contributed by atoms with Crippen LogP contribution in [-0.4, -0.2) is 23.0 Å². The van der Waals surface area contributed by atoms with Gasteiger partial charge in [0, 0.05) is 12.6 Å². The highest BCUT2D eigenvalue weighted by Gasteiger charge is 2.10. The van der Waals surface area contributed by atoms with Crippen LogP contribution < -0.4 is 10.1 Å². The maximum atomic E-state index is 13.3. The van der Waals surface area contributed by atoms with E-state index in [0.717, 1.165) is 0 Å². The van der Waals surface area contributed by atoms with E-state index in [1.165, 1.54) is 25.3 Å². The van der Waals surface area contributed by atoms with Crippen LogP contribution in [-0.2, 0) is 6.54 Å². The second kappa shape index (κ2) is 6.49. The van der Waals surface area contributed by atoms with Gasteiger partial charge in [-0.1, -0.05) is 17.7 Å². The summed E-state index contributed by atoms with van der Waals surface area (Å²) in [5.41, 5.74) is 0.889. The van der Waals surface area contributed by atoms with Gasteiger partial charge in [0.2, 0.25) is 0 Å². The molecule has 0 bridgehead atoms. The molecule has 2 aromatic rings. The summed E-state index contributed by atoms with van der Waals surface area (Å²) in [6, 6.07) is 5.76. The standard InChI is InChI=1S/C14H13ClFN3O2/c1-8-18-11(6-13(15)19-8)14(20)17-7-9-3-4-10(16)12(5-9)21-2/h3-6H,7H2,1-2H3,(H,17,20). The van der Waals surface area contributed by atoms with Gasteiger partial charge in [0.1, 0.15) is 16.7 Å². The van der Waals surface area contributed by atoms with Crippen molar-refractivity contribution >= 4 is 17.5 Å². The second-order valence-electron chi connectivity index (χ2n) is 4.27. The summed E-state index contributed by atoms with van der Waals surface area (Å²) in [5.74, 6) is -0.296. The lowest BCUT2D eigenvalue weighted by atomic mass is 10.2. The van der Waals surface area contributed by atoms with Crippen LogP contribution in [0, 0.1) is 12.7 Å². The summed E-state index contributed by atoms with van der Waals surface area (Å²) in [5, 5.41) is 2.88. The Morgan fingerprint density at radius 3 is 2.81 bits per heavy atom. The number of halogens is 2. The molecule has 0 fully saturated rings. The van der Waals surface area contributed by atoms with Crippen LogP contribution in [0.4, 0.5) is 4.39 Å². The Labute approximate surface area is 126 Å². The number of aryl methyl sites for hydroxylation is 1. The predicted molar refractivity (Wildman–Crippen MR) is 75.9 cm³/mol. The summed E-state index contributed by atoms with van der Waals surface area (Å²) in [7, 11) is 1.38. The number of nitrogens with one attached hydrogen (secondary N) is 1. The molecule has 5 nitrogen and oxygen atoms in total. The molecule has 0 aliphatic carbocycles. The molecule has 0 saturated heterocycles. The normalized spacial score (nSPS) is 10.3. The maximum absolute atomic E-state index is 13.3. The van der Waals surface area contributed by atoms with Crippen LogP contribution in [0.3, 0.4) is 0 Å². The average molecular weight is 310 g/mol. The van der Waals surface area contributed by atoms with Gasteiger partial charge in [0.05, 0.1) is 7.11 Å². The van der Waals surface area contributed by atoms with Gasteiger partial charge in [-0.2, -0.15) is 0 Å². The van der Waals surface area contributed by atoms with Crippen LogP contribution >= 0.6 is 11.6 Å². The SMILES string of the molecule is COc1cc(CNC(=O)c2cc(Cl)nc(C)n2)ccc1F. The van der Waals surface area contributed by atoms with E-state index >= 15 is 0 Å². The highest BCUT2D eigenvalue weighted by molar-refractivity contribution is 6.29. The molecule has 7 heteroatoms. The fourth-order valence-electron chi connectivity index (χ4n) is 1.73. The lowest BCUT2D eigenvalue weighted by Gasteiger charge is -2.08. The first-order valence-electron chi connectivity index (χ1n) is 6.11. The third-order valence-corrected chi connectivity index (χ3v) is 2.90. The molecule has 0 saturated carbocycles. The second-order valence-corrected chi connectivity index (χ2v) is 4.66. The third-order valence-electron chi connectivity index (χ3n) is 2.71. The van der Waals surface area contributed by atoms with Crippen LogP contribution in [0.15, 0.2) is 24.3 Å². The van der Waals surface area contributed by atoms with E-state index < -0.39 is 5.82 Å². The predicted octanol–water partition coefficient (Wildman–Crippen LogP) is 2.52. The maximum Gasteiger partial charge on any atom is 0.270 e. The van der Waals surface area contributed by atoms with Crippen molar-refractivity contribution in [3.05, 3.63) is 52.3 Å². The Kier molecular flexibility index (Phi) is 4.70. The molecule has 0 spiro atoms. The van der Waals surface area contributed by atoms with Crippen molar-refractivity contribution in [1.29, 1.82) is 0 Å². The zero-order chi connectivity index (χ0) is 15.4. The van der Waals surface area contributed by atoms with Crippen LogP contribution in [0.5, 0.6) is 5.75 Å². The molecular formula is C14H13ClFN3O2. The number of ether oxygens (including phenoxy) is 1. The van der Waals surface area contributed by atoms with E-state index in [-0.39, 0.29) is 29.0 Å². The van der Waals surface area contributed by atoms with E-state index in [2.05, 4.69) is 15.3 Å². The summed E-state index contributed by atoms with van der Waals surface area (Å²) in [4.78, 5) is 19.9. The highest BCUT2D eigenvalue weighted by atomic mass is 35.5. The van der Waals surface area contributed by atoms with Gasteiger partial charge in [-0.3, -0.25) is 4.79 Å². The first-order chi connectivity index (χ1) is 9.99. The van der Waals surface area contributed by atoms with Gasteiger partial charge in [-0.15, -0.1) is 0 Å². The smallest absolute Gasteiger partial charge is 0.270 e. The van der Waals surface area contributed by atoms with Gasteiger partial charge in [-0.25, -0.2) is 14.4 Å². The molecule has 0 aliphatic rings. The molecule has 1 aromatic carbocycles. The highest BCUT2D eigenvalue weighted by Crippen LogP contribution is 2.18. The number of nitrogens with zero attached hydrogens (tertiary/aromatic N) is 2. The quantitative estimate of drug-likeness (QED) is 0.881. The number of rotatable bonds is 4. The fourth-order valence-corrected chi connectivity index (χ4v) is 1.96. The van der Waals surface area contributed by atoms with Gasteiger partial charge < -0.3 is 10.1 Å². The summed E-state index contributed by atoms with van der Waals surface area (Å²) >= 11 is 5.78. The third kappa shape index (κ3) is 3.88. The van der Waals surface area contributed by atoms with E-state index in [0.29, 0.717) is 11.4 Å². The van der Waals surface area contributed by atoms with E-state index in [4.69, 9.17) is 16.3 Å². The molecule has 2 rings (SSSR count). The Morgan fingerprint density at radius 1 is 1.38 bits per heavy atom. The Morgan fingerprint density at radius 2 is 2.14 bits per heavy atom. The number of benzene rings is 1. The lowest BCUT2D eigenvalue weighted by molar-refractivity contribution is 0.0945. The van der Waals surface area contributed by atoms with Crippen molar-refractivity contribution in [1.82, 2.24) is 15.3 Å². The Balaban J connectivity index is 2.07. The topological polar surface area (TPSA) is 64.1 Å². The molecule has 0 radical (unpaired) electrons. The Bertz CT molecular complexity index is 659. The molecule has 21 heavy (non-hydrogen) atoms. The first kappa shape index (κ1) is 15.2. The monoisotopic (exact) mass is 309 g/mol. The van der Waals surface area contributed by atoms with Crippen molar-refractivity contribution in [2.45, 2.75) is 13.5 Å². The van der Waals surface area contributed by atoms with Crippen molar-refractivity contribution in [3.8, 4) is 5.75 Å². The van der Waals surface area contributed by atoms with Crippen molar-refractivity contribution in [2.75, 3.05) is 7.11 Å². The summed E-state index contributed by atoms with van der Waals surface area (Å²) in [6.45, 7) is 1.86. The fraction of sp³-hybridized carbons (Fsp3) is 0.214. The minimum Gasteiger partial charge on any atom is -0.494 e. The molecule has 1 N–H and O–H groups in total. The molecule has 1 heterocycles. The van der Waals surface area contributed by atoms with Gasteiger partial charge in [-0.05, 0) is 24.6 Å². The van der Waals surface area contributed by atoms with E-state index in [1.54, 1.807) is 13.0 Å². The number of amides is 1. The summed E-state index contributed by atoms with van der Waals surface area (Å²) < 4.78 is 18.2. The molecule has 1 aromatic heterocycles. The molecular weight excluding hydrogens is 297 g/mol. The van der Waals surface area contributed by atoms with Crippen molar-refractivity contribution < 1.29 is 13.9 Å². The zero-order valence-electron chi connectivity index (χ0n) is 11.5. The number of carbonyl (C=O) groups is 1. The molecule has 110 valence electrons. The van der Waals surface area contributed by atoms with Gasteiger partial charge >= 0.3 is 0 Å². The number of hydrogen-bond acceptors (Lipinski definition) is 4. The minimum absolute atomic E-state index is 0.127. The average Bonchev–Trinajstić information content (AvgIpc) is 2.45. The first-order valence-corrected chi connectivity index (χ1v) is 6.49. The summed E-state index contributed by atoms with van der Waals surface area (Å²) in [6.07, 6.45) is 0. The minimum atomic E-state index is -0.453. The Hall–Kier alpha value is -2.21. The van der Waals surface area contributed by atoms with E-state index in [1.807, 2.05) is 0 Å². The van der Waals surface area contributed by atoms with E-state index in [9.17, 15) is 9.18 Å². The van der Waals surface area contributed by atoms with Gasteiger partial charge in [0.25, 0.3) is 5.91 Å². The van der Waals surface area contributed by atoms with Crippen molar-refractivity contribution in [2.24, 2.45) is 0 Å². The molecule has 1 amide bonds. The molecule has 0 atom stereocenters. The van der Waals surface area contributed by atoms with Crippen molar-refractivity contribution in [3.63, 3.8) is 0 Å². The number of aromatic nitrogens is 2. The van der Waals surface area contributed by atoms with Gasteiger partial charge in [0.15, 0.2) is 11.6 Å². The number of carbonyl (C=O) groups excluding carboxylic acids is 1.